The second kappa shape index (κ2) is 4.67. The van der Waals surface area contributed by atoms with Crippen LogP contribution in [0.3, 0.4) is 0 Å². The van der Waals surface area contributed by atoms with Gasteiger partial charge in [0.25, 0.3) is 0 Å². The molecule has 3 rings (SSSR count). The SMILES string of the molecule is OC(c1cnc2ccccc2c1)C1CCCS1. The number of aromatic nitrogens is 1. The number of thioether (sulfide) groups is 1. The highest BCUT2D eigenvalue weighted by molar-refractivity contribution is 8.00. The summed E-state index contributed by atoms with van der Waals surface area (Å²) >= 11 is 1.87. The number of rotatable bonds is 2. The molecule has 1 fully saturated rings. The van der Waals surface area contributed by atoms with Crippen molar-refractivity contribution in [3.05, 3.63) is 42.1 Å². The van der Waals surface area contributed by atoms with Gasteiger partial charge in [0.15, 0.2) is 0 Å². The molecule has 1 aliphatic heterocycles. The lowest BCUT2D eigenvalue weighted by molar-refractivity contribution is 0.173. The van der Waals surface area contributed by atoms with Crippen molar-refractivity contribution in [1.29, 1.82) is 0 Å². The van der Waals surface area contributed by atoms with Crippen LogP contribution in [0.5, 0.6) is 0 Å². The van der Waals surface area contributed by atoms with E-state index in [1.807, 2.05) is 42.2 Å². The van der Waals surface area contributed by atoms with E-state index < -0.39 is 0 Å². The van der Waals surface area contributed by atoms with Gasteiger partial charge >= 0.3 is 0 Å². The van der Waals surface area contributed by atoms with Crippen molar-refractivity contribution in [1.82, 2.24) is 4.98 Å². The summed E-state index contributed by atoms with van der Waals surface area (Å²) in [7, 11) is 0. The van der Waals surface area contributed by atoms with Gasteiger partial charge < -0.3 is 5.11 Å². The molecular weight excluding hydrogens is 230 g/mol. The van der Waals surface area contributed by atoms with Crippen LogP contribution in [-0.2, 0) is 0 Å². The van der Waals surface area contributed by atoms with Gasteiger partial charge in [0.2, 0.25) is 0 Å². The monoisotopic (exact) mass is 245 g/mol. The van der Waals surface area contributed by atoms with Crippen molar-refractivity contribution >= 4 is 22.7 Å². The van der Waals surface area contributed by atoms with Gasteiger partial charge in [-0.25, -0.2) is 0 Å². The lowest BCUT2D eigenvalue weighted by Crippen LogP contribution is -2.11. The van der Waals surface area contributed by atoms with Crippen LogP contribution in [0, 0.1) is 0 Å². The quantitative estimate of drug-likeness (QED) is 0.882. The van der Waals surface area contributed by atoms with E-state index >= 15 is 0 Å². The minimum atomic E-state index is -0.375. The molecule has 2 aromatic rings. The summed E-state index contributed by atoms with van der Waals surface area (Å²) in [5, 5.41) is 11.8. The fraction of sp³-hybridized carbons (Fsp3) is 0.357. The van der Waals surface area contributed by atoms with Gasteiger partial charge in [0.05, 0.1) is 11.6 Å². The van der Waals surface area contributed by atoms with Gasteiger partial charge in [-0.05, 0) is 30.7 Å². The molecule has 0 aliphatic carbocycles. The van der Waals surface area contributed by atoms with E-state index in [-0.39, 0.29) is 6.10 Å². The van der Waals surface area contributed by atoms with Crippen molar-refractivity contribution in [2.45, 2.75) is 24.2 Å². The van der Waals surface area contributed by atoms with E-state index in [9.17, 15) is 5.11 Å². The summed E-state index contributed by atoms with van der Waals surface area (Å²) in [4.78, 5) is 4.40. The van der Waals surface area contributed by atoms with Crippen LogP contribution < -0.4 is 0 Å². The molecule has 0 spiro atoms. The molecule has 2 nitrogen and oxygen atoms in total. The second-order valence-electron chi connectivity index (χ2n) is 4.46. The zero-order chi connectivity index (χ0) is 11.7. The molecule has 0 radical (unpaired) electrons. The Morgan fingerprint density at radius 1 is 1.35 bits per heavy atom. The molecule has 2 heterocycles. The highest BCUT2D eigenvalue weighted by Crippen LogP contribution is 2.36. The van der Waals surface area contributed by atoms with Crippen molar-refractivity contribution in [3.8, 4) is 0 Å². The number of para-hydroxylation sites is 1. The molecule has 0 saturated carbocycles. The van der Waals surface area contributed by atoms with Crippen molar-refractivity contribution in [2.24, 2.45) is 0 Å². The maximum Gasteiger partial charge on any atom is 0.0923 e. The molecular formula is C14H15NOS. The van der Waals surface area contributed by atoms with Crippen LogP contribution in [0.2, 0.25) is 0 Å². The number of nitrogens with zero attached hydrogens (tertiary/aromatic N) is 1. The summed E-state index contributed by atoms with van der Waals surface area (Å²) in [6.07, 6.45) is 3.76. The normalized spacial score (nSPS) is 21.8. The topological polar surface area (TPSA) is 33.1 Å². The van der Waals surface area contributed by atoms with Gasteiger partial charge in [-0.3, -0.25) is 4.98 Å². The van der Waals surface area contributed by atoms with Crippen LogP contribution in [0.15, 0.2) is 36.5 Å². The molecule has 0 bridgehead atoms. The Morgan fingerprint density at radius 3 is 3.06 bits per heavy atom. The maximum atomic E-state index is 10.3. The number of aliphatic hydroxyl groups is 1. The zero-order valence-corrected chi connectivity index (χ0v) is 10.4. The highest BCUT2D eigenvalue weighted by atomic mass is 32.2. The first-order valence-corrected chi connectivity index (χ1v) is 7.04. The third-order valence-corrected chi connectivity index (χ3v) is 4.72. The maximum absolute atomic E-state index is 10.3. The molecule has 2 atom stereocenters. The van der Waals surface area contributed by atoms with Gasteiger partial charge in [0.1, 0.15) is 0 Å². The molecule has 0 amide bonds. The van der Waals surface area contributed by atoms with Gasteiger partial charge in [-0.2, -0.15) is 11.8 Å². The van der Waals surface area contributed by atoms with Crippen molar-refractivity contribution in [3.63, 3.8) is 0 Å². The first-order valence-electron chi connectivity index (χ1n) is 5.99. The molecule has 2 unspecified atom stereocenters. The Kier molecular flexibility index (Phi) is 3.04. The molecule has 1 saturated heterocycles. The summed E-state index contributed by atoms with van der Waals surface area (Å²) in [6.45, 7) is 0. The zero-order valence-electron chi connectivity index (χ0n) is 9.54. The molecule has 1 aromatic carbocycles. The number of hydrogen-bond acceptors (Lipinski definition) is 3. The molecule has 1 aliphatic rings. The predicted octanol–water partition coefficient (Wildman–Crippen LogP) is 3.16. The number of aliphatic hydroxyl groups excluding tert-OH is 1. The van der Waals surface area contributed by atoms with Crippen LogP contribution in [0.25, 0.3) is 10.9 Å². The molecule has 17 heavy (non-hydrogen) atoms. The molecule has 1 aromatic heterocycles. The second-order valence-corrected chi connectivity index (χ2v) is 5.80. The standard InChI is InChI=1S/C14H15NOS/c16-14(13-6-3-7-17-13)11-8-10-4-1-2-5-12(10)15-9-11/h1-2,4-5,8-9,13-14,16H,3,6-7H2. The largest absolute Gasteiger partial charge is 0.387 e. The fourth-order valence-electron chi connectivity index (χ4n) is 2.32. The Labute approximate surface area is 105 Å². The van der Waals surface area contributed by atoms with Crippen LogP contribution in [-0.4, -0.2) is 21.1 Å². The van der Waals surface area contributed by atoms with Crippen molar-refractivity contribution < 1.29 is 5.11 Å². The number of hydrogen-bond donors (Lipinski definition) is 1. The van der Waals surface area contributed by atoms with Crippen LogP contribution >= 0.6 is 11.8 Å². The number of pyridine rings is 1. The molecule has 1 N–H and O–H groups in total. The minimum absolute atomic E-state index is 0.345. The third-order valence-electron chi connectivity index (χ3n) is 3.27. The Bertz CT molecular complexity index is 522. The average Bonchev–Trinajstić information content (AvgIpc) is 2.91. The van der Waals surface area contributed by atoms with E-state index in [4.69, 9.17) is 0 Å². The van der Waals surface area contributed by atoms with Gasteiger partial charge in [0, 0.05) is 22.4 Å². The third kappa shape index (κ3) is 2.17. The van der Waals surface area contributed by atoms with Gasteiger partial charge in [-0.15, -0.1) is 0 Å². The van der Waals surface area contributed by atoms with Gasteiger partial charge in [-0.1, -0.05) is 18.2 Å². The summed E-state index contributed by atoms with van der Waals surface area (Å²) < 4.78 is 0. The van der Waals surface area contributed by atoms with E-state index in [2.05, 4.69) is 11.1 Å². The first kappa shape index (κ1) is 11.1. The lowest BCUT2D eigenvalue weighted by Gasteiger charge is -2.17. The Hall–Kier alpha value is -1.06. The smallest absolute Gasteiger partial charge is 0.0923 e. The Balaban J connectivity index is 1.94. The highest BCUT2D eigenvalue weighted by Gasteiger charge is 2.25. The van der Waals surface area contributed by atoms with Crippen molar-refractivity contribution in [2.75, 3.05) is 5.75 Å². The van der Waals surface area contributed by atoms with E-state index in [1.165, 1.54) is 12.2 Å². The minimum Gasteiger partial charge on any atom is -0.387 e. The fourth-order valence-corrected chi connectivity index (χ4v) is 3.62. The number of benzene rings is 1. The molecule has 3 heteroatoms. The summed E-state index contributed by atoms with van der Waals surface area (Å²) in [5.41, 5.74) is 1.94. The van der Waals surface area contributed by atoms with E-state index in [0.717, 1.165) is 22.9 Å². The summed E-state index contributed by atoms with van der Waals surface area (Å²) in [6, 6.07) is 10.1. The number of fused-ring (bicyclic) bond motifs is 1. The van der Waals surface area contributed by atoms with Crippen LogP contribution in [0.1, 0.15) is 24.5 Å². The molecule has 88 valence electrons. The lowest BCUT2D eigenvalue weighted by atomic mass is 10.0. The average molecular weight is 245 g/mol. The Morgan fingerprint density at radius 2 is 2.24 bits per heavy atom. The summed E-state index contributed by atoms with van der Waals surface area (Å²) in [5.74, 6) is 1.17. The predicted molar refractivity (Wildman–Crippen MR) is 72.2 cm³/mol. The van der Waals surface area contributed by atoms with E-state index in [1.54, 1.807) is 0 Å². The van der Waals surface area contributed by atoms with Crippen LogP contribution in [0.4, 0.5) is 0 Å². The first-order chi connectivity index (χ1) is 8.34. The van der Waals surface area contributed by atoms with E-state index in [0.29, 0.717) is 5.25 Å².